The average Bonchev–Trinajstić information content (AvgIpc) is 2.67. The molecule has 3 rings (SSSR count). The van der Waals surface area contributed by atoms with Gasteiger partial charge in [-0.2, -0.15) is 0 Å². The molecule has 2 unspecified atom stereocenters. The molecule has 1 aromatic rings. The highest BCUT2D eigenvalue weighted by Crippen LogP contribution is 2.52. The van der Waals surface area contributed by atoms with E-state index < -0.39 is 0 Å². The molecule has 2 aliphatic rings. The predicted molar refractivity (Wildman–Crippen MR) is 97.7 cm³/mol. The summed E-state index contributed by atoms with van der Waals surface area (Å²) in [6.45, 7) is 7.97. The van der Waals surface area contributed by atoms with Gasteiger partial charge in [0.1, 0.15) is 0 Å². The molecular formula is C19H29ClN2O. The zero-order valence-corrected chi connectivity index (χ0v) is 15.3. The Morgan fingerprint density at radius 3 is 2.65 bits per heavy atom. The highest BCUT2D eigenvalue weighted by molar-refractivity contribution is 5.85. The summed E-state index contributed by atoms with van der Waals surface area (Å²) in [5.74, 6) is 0.301. The Balaban J connectivity index is 0.00000192. The number of rotatable bonds is 3. The molecule has 0 radical (unpaired) electrons. The van der Waals surface area contributed by atoms with Crippen LogP contribution in [0.5, 0.6) is 0 Å². The van der Waals surface area contributed by atoms with E-state index in [0.717, 1.165) is 30.6 Å². The van der Waals surface area contributed by atoms with Crippen molar-refractivity contribution >= 4 is 24.0 Å². The lowest BCUT2D eigenvalue weighted by Crippen LogP contribution is -2.37. The summed E-state index contributed by atoms with van der Waals surface area (Å²) in [7, 11) is 0. The van der Waals surface area contributed by atoms with Crippen LogP contribution in [0, 0.1) is 10.8 Å². The Morgan fingerprint density at radius 1 is 1.26 bits per heavy atom. The van der Waals surface area contributed by atoms with Gasteiger partial charge in [-0.25, -0.2) is 0 Å². The Hall–Kier alpha value is -1.22. The molecule has 1 aromatic carbocycles. The minimum Gasteiger partial charge on any atom is -0.399 e. The first kappa shape index (κ1) is 18.1. The van der Waals surface area contributed by atoms with Gasteiger partial charge in [-0.05, 0) is 48.1 Å². The molecular weight excluding hydrogens is 308 g/mol. The van der Waals surface area contributed by atoms with Gasteiger partial charge in [0.25, 0.3) is 0 Å². The zero-order chi connectivity index (χ0) is 16.0. The minimum absolute atomic E-state index is 0. The summed E-state index contributed by atoms with van der Waals surface area (Å²) in [4.78, 5) is 14.9. The molecule has 1 heterocycles. The second-order valence-corrected chi connectivity index (χ2v) is 8.43. The second-order valence-electron chi connectivity index (χ2n) is 8.43. The first-order valence-electron chi connectivity index (χ1n) is 8.41. The lowest BCUT2D eigenvalue weighted by molar-refractivity contribution is -0.132. The van der Waals surface area contributed by atoms with Gasteiger partial charge in [-0.3, -0.25) is 4.79 Å². The van der Waals surface area contributed by atoms with E-state index in [1.165, 1.54) is 12.8 Å². The molecule has 3 nitrogen and oxygen atoms in total. The second kappa shape index (κ2) is 6.35. The van der Waals surface area contributed by atoms with E-state index in [2.05, 4.69) is 25.7 Å². The number of hydrogen-bond acceptors (Lipinski definition) is 2. The quantitative estimate of drug-likeness (QED) is 0.846. The molecule has 2 bridgehead atoms. The molecule has 1 saturated carbocycles. The van der Waals surface area contributed by atoms with Crippen LogP contribution in [0.4, 0.5) is 5.69 Å². The third kappa shape index (κ3) is 3.82. The minimum atomic E-state index is 0. The molecule has 1 aliphatic carbocycles. The lowest BCUT2D eigenvalue weighted by Gasteiger charge is -2.39. The molecule has 23 heavy (non-hydrogen) atoms. The summed E-state index contributed by atoms with van der Waals surface area (Å²) >= 11 is 0. The Kier molecular flexibility index (Phi) is 5.00. The number of benzene rings is 1. The number of para-hydroxylation sites is 1. The van der Waals surface area contributed by atoms with Crippen molar-refractivity contribution in [3.63, 3.8) is 0 Å². The molecule has 2 N–H and O–H groups in total. The van der Waals surface area contributed by atoms with Crippen molar-refractivity contribution < 1.29 is 4.79 Å². The Morgan fingerprint density at radius 2 is 1.96 bits per heavy atom. The maximum atomic E-state index is 12.7. The van der Waals surface area contributed by atoms with Gasteiger partial charge >= 0.3 is 0 Å². The Labute approximate surface area is 146 Å². The van der Waals surface area contributed by atoms with Crippen molar-refractivity contribution in [3.8, 4) is 0 Å². The Bertz CT molecular complexity index is 586. The summed E-state index contributed by atoms with van der Waals surface area (Å²) in [5.41, 5.74) is 8.53. The maximum Gasteiger partial charge on any atom is 0.223 e. The number of nitrogens with zero attached hydrogens (tertiary/aromatic N) is 1. The summed E-state index contributed by atoms with van der Waals surface area (Å²) in [6, 6.07) is 8.30. The van der Waals surface area contributed by atoms with Crippen molar-refractivity contribution in [3.05, 3.63) is 29.8 Å². The normalized spacial score (nSPS) is 28.3. The van der Waals surface area contributed by atoms with Gasteiger partial charge in [0, 0.05) is 24.7 Å². The van der Waals surface area contributed by atoms with E-state index in [-0.39, 0.29) is 12.4 Å². The van der Waals surface area contributed by atoms with Gasteiger partial charge < -0.3 is 10.6 Å². The maximum absolute atomic E-state index is 12.7. The smallest absolute Gasteiger partial charge is 0.223 e. The van der Waals surface area contributed by atoms with Crippen LogP contribution in [0.2, 0.25) is 0 Å². The number of halogens is 1. The topological polar surface area (TPSA) is 46.3 Å². The number of aryl methyl sites for hydroxylation is 1. The van der Waals surface area contributed by atoms with Crippen LogP contribution in [0.25, 0.3) is 0 Å². The van der Waals surface area contributed by atoms with Gasteiger partial charge in [-0.1, -0.05) is 39.0 Å². The largest absolute Gasteiger partial charge is 0.399 e. The fourth-order valence-electron chi connectivity index (χ4n) is 4.90. The van der Waals surface area contributed by atoms with E-state index in [0.29, 0.717) is 29.2 Å². The van der Waals surface area contributed by atoms with Crippen molar-refractivity contribution in [2.75, 3.05) is 12.3 Å². The first-order chi connectivity index (χ1) is 10.3. The molecule has 0 aromatic heterocycles. The first-order valence-corrected chi connectivity index (χ1v) is 8.41. The van der Waals surface area contributed by atoms with E-state index >= 15 is 0 Å². The molecule has 0 spiro atoms. The third-order valence-corrected chi connectivity index (χ3v) is 5.40. The lowest BCUT2D eigenvalue weighted by atomic mass is 9.65. The zero-order valence-electron chi connectivity index (χ0n) is 14.5. The summed E-state index contributed by atoms with van der Waals surface area (Å²) in [6.07, 6.45) is 4.86. The van der Waals surface area contributed by atoms with Crippen LogP contribution >= 0.6 is 12.4 Å². The number of hydrogen-bond donors (Lipinski definition) is 1. The van der Waals surface area contributed by atoms with E-state index in [1.807, 2.05) is 24.3 Å². The highest BCUT2D eigenvalue weighted by Gasteiger charge is 2.50. The molecule has 2 fully saturated rings. The number of anilines is 1. The summed E-state index contributed by atoms with van der Waals surface area (Å²) in [5, 5.41) is 0. The van der Waals surface area contributed by atoms with E-state index in [1.54, 1.807) is 0 Å². The van der Waals surface area contributed by atoms with Crippen LogP contribution in [-0.2, 0) is 11.2 Å². The molecule has 2 atom stereocenters. The van der Waals surface area contributed by atoms with Crippen molar-refractivity contribution in [2.24, 2.45) is 10.8 Å². The number of nitrogens with two attached hydrogens (primary N) is 1. The van der Waals surface area contributed by atoms with E-state index in [9.17, 15) is 4.79 Å². The van der Waals surface area contributed by atoms with Crippen LogP contribution < -0.4 is 5.73 Å². The van der Waals surface area contributed by atoms with Crippen LogP contribution in [-0.4, -0.2) is 23.4 Å². The fraction of sp³-hybridized carbons (Fsp3) is 0.632. The molecule has 1 amide bonds. The number of nitrogen functional groups attached to an aromatic ring is 1. The monoisotopic (exact) mass is 336 g/mol. The van der Waals surface area contributed by atoms with Crippen LogP contribution in [0.3, 0.4) is 0 Å². The van der Waals surface area contributed by atoms with E-state index in [4.69, 9.17) is 5.73 Å². The van der Waals surface area contributed by atoms with Gasteiger partial charge in [-0.15, -0.1) is 12.4 Å². The predicted octanol–water partition coefficient (Wildman–Crippen LogP) is 4.05. The van der Waals surface area contributed by atoms with Gasteiger partial charge in [0.15, 0.2) is 0 Å². The molecule has 4 heteroatoms. The molecule has 128 valence electrons. The summed E-state index contributed by atoms with van der Waals surface area (Å²) < 4.78 is 0. The van der Waals surface area contributed by atoms with Gasteiger partial charge in [0.2, 0.25) is 5.91 Å². The van der Waals surface area contributed by atoms with Crippen molar-refractivity contribution in [1.29, 1.82) is 0 Å². The third-order valence-electron chi connectivity index (χ3n) is 5.40. The number of carbonyl (C=O) groups excluding carboxylic acids is 1. The average molecular weight is 337 g/mol. The molecule has 1 saturated heterocycles. The number of carbonyl (C=O) groups is 1. The van der Waals surface area contributed by atoms with Crippen molar-refractivity contribution in [1.82, 2.24) is 4.90 Å². The standard InChI is InChI=1S/C19H28N2O.ClH/c1-18(2)10-15-11-19(3,12-18)13-21(15)17(22)9-8-14-6-4-5-7-16(14)20;/h4-7,15H,8-13,20H2,1-3H3;1H. The number of likely N-dealkylation sites (tertiary alicyclic amines) is 1. The fourth-order valence-corrected chi connectivity index (χ4v) is 4.90. The van der Waals surface area contributed by atoms with Crippen molar-refractivity contribution in [2.45, 2.75) is 58.9 Å². The number of fused-ring (bicyclic) bond motifs is 2. The SMILES string of the molecule is CC1(C)CC2CC(C)(CN2C(=O)CCc2ccccc2N)C1.Cl. The van der Waals surface area contributed by atoms with Crippen LogP contribution in [0.15, 0.2) is 24.3 Å². The molecule has 1 aliphatic heterocycles. The van der Waals surface area contributed by atoms with Gasteiger partial charge in [0.05, 0.1) is 0 Å². The highest BCUT2D eigenvalue weighted by atomic mass is 35.5. The number of amides is 1. The van der Waals surface area contributed by atoms with Crippen LogP contribution in [0.1, 0.15) is 52.0 Å².